The largest absolute Gasteiger partial charge is 0.497 e. The minimum Gasteiger partial charge on any atom is -0.497 e. The van der Waals surface area contributed by atoms with Gasteiger partial charge in [0.1, 0.15) is 18.1 Å². The van der Waals surface area contributed by atoms with Gasteiger partial charge in [-0.15, -0.1) is 0 Å². The van der Waals surface area contributed by atoms with E-state index in [1.165, 1.54) is 16.7 Å². The van der Waals surface area contributed by atoms with E-state index in [-0.39, 0.29) is 12.3 Å². The normalized spacial score (nSPS) is 14.5. The molecule has 0 radical (unpaired) electrons. The smallest absolute Gasteiger partial charge is 0.304 e. The summed E-state index contributed by atoms with van der Waals surface area (Å²) in [6, 6.07) is 22.7. The van der Waals surface area contributed by atoms with Crippen molar-refractivity contribution in [2.24, 2.45) is 0 Å². The first-order valence-corrected chi connectivity index (χ1v) is 12.1. The zero-order valence-corrected chi connectivity index (χ0v) is 20.4. The number of nitrogens with zero attached hydrogens (tertiary/aromatic N) is 1. The van der Waals surface area contributed by atoms with Gasteiger partial charge >= 0.3 is 5.97 Å². The molecule has 182 valence electrons. The van der Waals surface area contributed by atoms with Crippen molar-refractivity contribution in [3.63, 3.8) is 0 Å². The fourth-order valence-electron chi connectivity index (χ4n) is 4.54. The molecule has 0 aromatic heterocycles. The quantitative estimate of drug-likeness (QED) is 0.369. The standard InChI is InChI=1S/C30H33NO4/c1-3-4-25(18-30(32)33)24-9-12-28(13-10-24)35-21-23-7-5-22(6-8-23)19-31-16-15-26-17-29(34-2)14-11-27(26)20-31/h3-14,17,25H,15-16,18-21H2,1-2H3,(H,32,33)/t25-/m1/s1. The number of fused-ring (bicyclic) bond motifs is 1. The lowest BCUT2D eigenvalue weighted by atomic mass is 9.95. The highest BCUT2D eigenvalue weighted by Gasteiger charge is 2.17. The molecule has 0 bridgehead atoms. The summed E-state index contributed by atoms with van der Waals surface area (Å²) >= 11 is 0. The van der Waals surface area contributed by atoms with Crippen LogP contribution in [0.25, 0.3) is 0 Å². The molecule has 0 saturated carbocycles. The fourth-order valence-corrected chi connectivity index (χ4v) is 4.54. The van der Waals surface area contributed by atoms with E-state index < -0.39 is 5.97 Å². The summed E-state index contributed by atoms with van der Waals surface area (Å²) < 4.78 is 11.3. The Labute approximate surface area is 207 Å². The van der Waals surface area contributed by atoms with Crippen LogP contribution in [-0.2, 0) is 30.9 Å². The molecule has 1 aliphatic rings. The summed E-state index contributed by atoms with van der Waals surface area (Å²) in [4.78, 5) is 13.6. The van der Waals surface area contributed by atoms with Crippen molar-refractivity contribution in [2.75, 3.05) is 13.7 Å². The van der Waals surface area contributed by atoms with E-state index in [1.54, 1.807) is 7.11 Å². The van der Waals surface area contributed by atoms with Crippen molar-refractivity contribution in [2.45, 2.75) is 45.4 Å². The predicted octanol–water partition coefficient (Wildman–Crippen LogP) is 5.97. The zero-order valence-electron chi connectivity index (χ0n) is 20.4. The van der Waals surface area contributed by atoms with Gasteiger partial charge in [0.15, 0.2) is 0 Å². The van der Waals surface area contributed by atoms with E-state index in [0.717, 1.165) is 48.7 Å². The van der Waals surface area contributed by atoms with Gasteiger partial charge < -0.3 is 14.6 Å². The number of hydrogen-bond acceptors (Lipinski definition) is 4. The molecule has 5 nitrogen and oxygen atoms in total. The van der Waals surface area contributed by atoms with Crippen molar-refractivity contribution in [1.29, 1.82) is 0 Å². The van der Waals surface area contributed by atoms with Gasteiger partial charge in [-0.25, -0.2) is 0 Å². The monoisotopic (exact) mass is 471 g/mol. The van der Waals surface area contributed by atoms with Crippen LogP contribution >= 0.6 is 0 Å². The summed E-state index contributed by atoms with van der Waals surface area (Å²) in [5, 5.41) is 9.14. The number of allylic oxidation sites excluding steroid dienone is 2. The third-order valence-electron chi connectivity index (χ3n) is 6.47. The van der Waals surface area contributed by atoms with Gasteiger partial charge in [-0.1, -0.05) is 54.6 Å². The van der Waals surface area contributed by atoms with Crippen LogP contribution in [0.15, 0.2) is 78.9 Å². The van der Waals surface area contributed by atoms with Crippen molar-refractivity contribution in [3.05, 3.63) is 107 Å². The maximum atomic E-state index is 11.1. The van der Waals surface area contributed by atoms with Crippen LogP contribution in [0.4, 0.5) is 0 Å². The molecule has 0 spiro atoms. The first-order valence-electron chi connectivity index (χ1n) is 12.1. The Kier molecular flexibility index (Phi) is 8.22. The lowest BCUT2D eigenvalue weighted by Crippen LogP contribution is -2.30. The lowest BCUT2D eigenvalue weighted by molar-refractivity contribution is -0.137. The van der Waals surface area contributed by atoms with Gasteiger partial charge in [0.05, 0.1) is 13.5 Å². The van der Waals surface area contributed by atoms with Crippen LogP contribution in [0.3, 0.4) is 0 Å². The molecule has 5 heteroatoms. The molecule has 0 aliphatic carbocycles. The number of hydrogen-bond donors (Lipinski definition) is 1. The summed E-state index contributed by atoms with van der Waals surface area (Å²) in [5.74, 6) is 0.774. The average Bonchev–Trinajstić information content (AvgIpc) is 2.88. The maximum absolute atomic E-state index is 11.1. The summed E-state index contributed by atoms with van der Waals surface area (Å²) in [6.45, 7) is 5.33. The van der Waals surface area contributed by atoms with Crippen molar-refractivity contribution < 1.29 is 19.4 Å². The Hall–Kier alpha value is -3.57. The van der Waals surface area contributed by atoms with Gasteiger partial charge in [-0.05, 0) is 65.4 Å². The molecule has 1 aliphatic heterocycles. The topological polar surface area (TPSA) is 59.0 Å². The first kappa shape index (κ1) is 24.6. The van der Waals surface area contributed by atoms with E-state index in [9.17, 15) is 4.79 Å². The van der Waals surface area contributed by atoms with Crippen LogP contribution in [0.2, 0.25) is 0 Å². The number of aliphatic carboxylic acids is 1. The Morgan fingerprint density at radius 3 is 2.40 bits per heavy atom. The molecule has 3 aromatic carbocycles. The number of benzene rings is 3. The van der Waals surface area contributed by atoms with E-state index in [4.69, 9.17) is 14.6 Å². The highest BCUT2D eigenvalue weighted by molar-refractivity contribution is 5.68. The number of carbonyl (C=O) groups is 1. The highest BCUT2D eigenvalue weighted by Crippen LogP contribution is 2.26. The lowest BCUT2D eigenvalue weighted by Gasteiger charge is -2.29. The average molecular weight is 472 g/mol. The fraction of sp³-hybridized carbons (Fsp3) is 0.300. The van der Waals surface area contributed by atoms with E-state index >= 15 is 0 Å². The van der Waals surface area contributed by atoms with Crippen molar-refractivity contribution in [3.8, 4) is 11.5 Å². The number of rotatable bonds is 10. The molecular weight excluding hydrogens is 438 g/mol. The summed E-state index contributed by atoms with van der Waals surface area (Å²) in [6.07, 6.45) is 4.94. The Balaban J connectivity index is 1.29. The van der Waals surface area contributed by atoms with Gasteiger partial charge in [-0.2, -0.15) is 0 Å². The molecule has 0 saturated heterocycles. The second-order valence-corrected chi connectivity index (χ2v) is 9.00. The number of carboxylic acids is 1. The van der Waals surface area contributed by atoms with Crippen LogP contribution in [0.1, 0.15) is 47.1 Å². The molecule has 1 N–H and O–H groups in total. The minimum atomic E-state index is -0.803. The first-order chi connectivity index (χ1) is 17.0. The minimum absolute atomic E-state index is 0.0789. The maximum Gasteiger partial charge on any atom is 0.304 e. The Morgan fingerprint density at radius 1 is 1.00 bits per heavy atom. The third-order valence-corrected chi connectivity index (χ3v) is 6.47. The van der Waals surface area contributed by atoms with Crippen molar-refractivity contribution >= 4 is 5.97 Å². The molecule has 0 fully saturated rings. The molecule has 0 amide bonds. The van der Waals surface area contributed by atoms with Gasteiger partial charge in [0.2, 0.25) is 0 Å². The third kappa shape index (κ3) is 6.74. The van der Waals surface area contributed by atoms with E-state index in [1.807, 2.05) is 49.4 Å². The zero-order chi connectivity index (χ0) is 24.6. The Morgan fingerprint density at radius 2 is 1.71 bits per heavy atom. The number of methoxy groups -OCH3 is 1. The SMILES string of the molecule is CC=C[C@H](CC(=O)O)c1ccc(OCc2ccc(CN3CCc4cc(OC)ccc4C3)cc2)cc1. The predicted molar refractivity (Wildman–Crippen MR) is 138 cm³/mol. The van der Waals surface area contributed by atoms with Gasteiger partial charge in [-0.3, -0.25) is 9.69 Å². The number of carboxylic acid groups (broad SMARTS) is 1. The van der Waals surface area contributed by atoms with Gasteiger partial charge in [0, 0.05) is 25.6 Å². The second-order valence-electron chi connectivity index (χ2n) is 9.00. The van der Waals surface area contributed by atoms with Gasteiger partial charge in [0.25, 0.3) is 0 Å². The van der Waals surface area contributed by atoms with E-state index in [0.29, 0.717) is 6.61 Å². The molecular formula is C30H33NO4. The molecule has 35 heavy (non-hydrogen) atoms. The molecule has 0 unspecified atom stereocenters. The van der Waals surface area contributed by atoms with Crippen LogP contribution < -0.4 is 9.47 Å². The van der Waals surface area contributed by atoms with Crippen LogP contribution in [0.5, 0.6) is 11.5 Å². The molecule has 1 heterocycles. The number of ether oxygens (including phenoxy) is 2. The second kappa shape index (κ2) is 11.7. The van der Waals surface area contributed by atoms with Crippen molar-refractivity contribution in [1.82, 2.24) is 4.90 Å². The van der Waals surface area contributed by atoms with Crippen LogP contribution in [-0.4, -0.2) is 29.6 Å². The molecule has 1 atom stereocenters. The summed E-state index contributed by atoms with van der Waals surface area (Å²) in [7, 11) is 1.71. The summed E-state index contributed by atoms with van der Waals surface area (Å²) in [5.41, 5.74) is 6.16. The highest BCUT2D eigenvalue weighted by atomic mass is 16.5. The van der Waals surface area contributed by atoms with E-state index in [2.05, 4.69) is 41.3 Å². The van der Waals surface area contributed by atoms with Crippen LogP contribution in [0, 0.1) is 0 Å². The Bertz CT molecular complexity index is 1150. The molecule has 4 rings (SSSR count). The molecule has 3 aromatic rings.